The van der Waals surface area contributed by atoms with E-state index in [1.54, 1.807) is 6.08 Å². The molecule has 1 aromatic heterocycles. The third-order valence-corrected chi connectivity index (χ3v) is 6.53. The molecule has 2 heterocycles. The van der Waals surface area contributed by atoms with E-state index < -0.39 is 10.9 Å². The van der Waals surface area contributed by atoms with Crippen LogP contribution in [0.4, 0.5) is 11.4 Å². The number of hydrogen-bond donors (Lipinski definition) is 3. The fourth-order valence-electron chi connectivity index (χ4n) is 3.93. The van der Waals surface area contributed by atoms with Crippen molar-refractivity contribution in [3.63, 3.8) is 0 Å². The number of halogens is 1. The fourth-order valence-corrected chi connectivity index (χ4v) is 4.54. The Labute approximate surface area is 182 Å². The highest BCUT2D eigenvalue weighted by Gasteiger charge is 2.38. The first-order valence-corrected chi connectivity index (χ1v) is 10.8. The number of fused-ring (bicyclic) bond motifs is 1. The second-order valence-electron chi connectivity index (χ2n) is 8.87. The van der Waals surface area contributed by atoms with Gasteiger partial charge in [-0.1, -0.05) is 42.8 Å². The van der Waals surface area contributed by atoms with Crippen LogP contribution in [0, 0.1) is 18.3 Å². The van der Waals surface area contributed by atoms with Crippen LogP contribution in [0.25, 0.3) is 0 Å². The van der Waals surface area contributed by atoms with Crippen LogP contribution >= 0.6 is 15.9 Å². The van der Waals surface area contributed by atoms with E-state index in [1.807, 2.05) is 45.9 Å². The molecule has 7 nitrogen and oxygen atoms in total. The summed E-state index contributed by atoms with van der Waals surface area (Å²) in [4.78, 5) is 37.1. The molecule has 30 heavy (non-hydrogen) atoms. The fraction of sp³-hybridized carbons (Fsp3) is 0.409. The van der Waals surface area contributed by atoms with Gasteiger partial charge in [-0.05, 0) is 30.5 Å². The highest BCUT2D eigenvalue weighted by atomic mass is 79.9. The number of amides is 1. The molecule has 8 heteroatoms. The summed E-state index contributed by atoms with van der Waals surface area (Å²) in [6.07, 6.45) is 3.70. The monoisotopic (exact) mass is 473 g/mol. The van der Waals surface area contributed by atoms with Gasteiger partial charge in [-0.15, -0.1) is 0 Å². The molecule has 0 bridgehead atoms. The molecule has 0 spiro atoms. The number of anilines is 2. The van der Waals surface area contributed by atoms with E-state index in [4.69, 9.17) is 4.42 Å². The topological polar surface area (TPSA) is 100 Å². The normalized spacial score (nSPS) is 22.2. The zero-order valence-electron chi connectivity index (χ0n) is 17.3. The van der Waals surface area contributed by atoms with Crippen molar-refractivity contribution in [2.75, 3.05) is 17.2 Å². The zero-order valence-corrected chi connectivity index (χ0v) is 18.8. The Morgan fingerprint density at radius 3 is 2.50 bits per heavy atom. The van der Waals surface area contributed by atoms with Gasteiger partial charge in [-0.25, -0.2) is 0 Å². The summed E-state index contributed by atoms with van der Waals surface area (Å²) < 4.78 is 5.79. The number of carbonyl (C=O) groups is 1. The SMILES string of the molecule is Cc1ccc([C@H](Nc2c(NC3=C4C(=O)NCC4C(Br)C=C3)c(=O)c2=O)C(C)(C)C)o1. The highest BCUT2D eigenvalue weighted by Crippen LogP contribution is 2.38. The summed E-state index contributed by atoms with van der Waals surface area (Å²) in [6.45, 7) is 8.47. The van der Waals surface area contributed by atoms with E-state index in [0.29, 0.717) is 23.6 Å². The van der Waals surface area contributed by atoms with Gasteiger partial charge in [0.05, 0.1) is 6.04 Å². The van der Waals surface area contributed by atoms with E-state index >= 15 is 0 Å². The minimum Gasteiger partial charge on any atom is -0.464 e. The Morgan fingerprint density at radius 2 is 1.87 bits per heavy atom. The summed E-state index contributed by atoms with van der Waals surface area (Å²) in [5.41, 5.74) is 0.0643. The second kappa shape index (κ2) is 7.27. The first-order chi connectivity index (χ1) is 14.1. The highest BCUT2D eigenvalue weighted by molar-refractivity contribution is 9.09. The van der Waals surface area contributed by atoms with Crippen LogP contribution in [0.2, 0.25) is 0 Å². The van der Waals surface area contributed by atoms with Crippen LogP contribution in [0.15, 0.2) is 49.6 Å². The molecule has 1 aliphatic heterocycles. The minimum absolute atomic E-state index is 0.0266. The molecular weight excluding hydrogens is 450 g/mol. The number of furan rings is 1. The molecule has 1 aliphatic carbocycles. The smallest absolute Gasteiger partial charge is 0.253 e. The molecule has 3 N–H and O–H groups in total. The van der Waals surface area contributed by atoms with E-state index in [1.165, 1.54) is 0 Å². The average molecular weight is 474 g/mol. The summed E-state index contributed by atoms with van der Waals surface area (Å²) in [6, 6.07) is 3.42. The lowest BCUT2D eigenvalue weighted by atomic mass is 9.84. The molecule has 0 radical (unpaired) electrons. The van der Waals surface area contributed by atoms with Gasteiger partial charge in [-0.2, -0.15) is 0 Å². The molecule has 2 unspecified atom stereocenters. The van der Waals surface area contributed by atoms with E-state index in [-0.39, 0.29) is 39.5 Å². The molecule has 1 fully saturated rings. The number of carbonyl (C=O) groups excluding carboxylic acids is 1. The molecule has 3 atom stereocenters. The maximum Gasteiger partial charge on any atom is 0.253 e. The molecule has 2 aliphatic rings. The first kappa shape index (κ1) is 20.7. The van der Waals surface area contributed by atoms with Gasteiger partial charge in [0.1, 0.15) is 22.9 Å². The number of hydrogen-bond acceptors (Lipinski definition) is 6. The Balaban J connectivity index is 1.68. The van der Waals surface area contributed by atoms with Crippen LogP contribution in [0.1, 0.15) is 38.3 Å². The number of nitrogens with one attached hydrogen (secondary N) is 3. The lowest BCUT2D eigenvalue weighted by Gasteiger charge is -2.32. The zero-order chi connectivity index (χ0) is 21.8. The standard InChI is InChI=1S/C22H24BrN3O4/c1-10-5-8-14(30-10)20(22(2,3)4)26-17-16(18(27)19(17)28)25-13-7-6-12(23)11-9-24-21(29)15(11)13/h5-8,11-12,20,25-26H,9H2,1-4H3,(H,24,29)/t11?,12?,20-/m0/s1. The van der Waals surface area contributed by atoms with Crippen molar-refractivity contribution < 1.29 is 9.21 Å². The van der Waals surface area contributed by atoms with E-state index in [2.05, 4.69) is 31.9 Å². The number of aryl methyl sites for hydroxylation is 1. The molecule has 1 amide bonds. The Morgan fingerprint density at radius 1 is 1.17 bits per heavy atom. The first-order valence-electron chi connectivity index (χ1n) is 9.85. The third-order valence-electron chi connectivity index (χ3n) is 5.59. The van der Waals surface area contributed by atoms with Gasteiger partial charge in [0.25, 0.3) is 10.9 Å². The lowest BCUT2D eigenvalue weighted by Crippen LogP contribution is -2.40. The molecule has 2 aromatic rings. The van der Waals surface area contributed by atoms with Crippen molar-refractivity contribution in [1.82, 2.24) is 5.32 Å². The van der Waals surface area contributed by atoms with Crippen molar-refractivity contribution in [2.45, 2.75) is 38.6 Å². The Bertz CT molecular complexity index is 1140. The number of rotatable bonds is 5. The minimum atomic E-state index is -0.599. The number of allylic oxidation sites excluding steroid dienone is 2. The van der Waals surface area contributed by atoms with Gasteiger partial charge in [-0.3, -0.25) is 14.4 Å². The summed E-state index contributed by atoms with van der Waals surface area (Å²) in [7, 11) is 0. The average Bonchev–Trinajstić information content (AvgIpc) is 3.28. The van der Waals surface area contributed by atoms with Crippen LogP contribution in [-0.2, 0) is 4.79 Å². The lowest BCUT2D eigenvalue weighted by molar-refractivity contribution is -0.116. The molecule has 1 aromatic carbocycles. The predicted molar refractivity (Wildman–Crippen MR) is 120 cm³/mol. The van der Waals surface area contributed by atoms with Crippen molar-refractivity contribution in [1.29, 1.82) is 0 Å². The quantitative estimate of drug-likeness (QED) is 0.455. The van der Waals surface area contributed by atoms with Crippen molar-refractivity contribution in [3.8, 4) is 0 Å². The van der Waals surface area contributed by atoms with Crippen molar-refractivity contribution in [2.24, 2.45) is 11.3 Å². The molecular formula is C22H24BrN3O4. The van der Waals surface area contributed by atoms with Crippen molar-refractivity contribution in [3.05, 3.63) is 67.5 Å². The molecule has 158 valence electrons. The molecule has 4 rings (SSSR count). The van der Waals surface area contributed by atoms with Gasteiger partial charge in [0, 0.05) is 28.6 Å². The van der Waals surface area contributed by atoms with Crippen LogP contribution in [0.5, 0.6) is 0 Å². The second-order valence-corrected chi connectivity index (χ2v) is 9.93. The Hall–Kier alpha value is -2.61. The maximum atomic E-state index is 12.4. The van der Waals surface area contributed by atoms with Gasteiger partial charge in [0.15, 0.2) is 0 Å². The number of alkyl halides is 1. The van der Waals surface area contributed by atoms with Crippen LogP contribution < -0.4 is 26.8 Å². The Kier molecular flexibility index (Phi) is 5.00. The summed E-state index contributed by atoms with van der Waals surface area (Å²) in [5.74, 6) is 1.27. The molecule has 0 saturated carbocycles. The van der Waals surface area contributed by atoms with E-state index in [9.17, 15) is 14.4 Å². The third kappa shape index (κ3) is 3.43. The molecule has 1 saturated heterocycles. The van der Waals surface area contributed by atoms with E-state index in [0.717, 1.165) is 5.76 Å². The van der Waals surface area contributed by atoms with Gasteiger partial charge < -0.3 is 20.4 Å². The van der Waals surface area contributed by atoms with Gasteiger partial charge >= 0.3 is 0 Å². The largest absolute Gasteiger partial charge is 0.464 e. The summed E-state index contributed by atoms with van der Waals surface area (Å²) in [5, 5.41) is 9.10. The van der Waals surface area contributed by atoms with Crippen LogP contribution in [-0.4, -0.2) is 17.3 Å². The predicted octanol–water partition coefficient (Wildman–Crippen LogP) is 3.13. The van der Waals surface area contributed by atoms with Crippen LogP contribution in [0.3, 0.4) is 0 Å². The van der Waals surface area contributed by atoms with Crippen molar-refractivity contribution >= 4 is 33.2 Å². The van der Waals surface area contributed by atoms with Gasteiger partial charge in [0.2, 0.25) is 5.91 Å². The maximum absolute atomic E-state index is 12.4. The summed E-state index contributed by atoms with van der Waals surface area (Å²) >= 11 is 3.57.